The summed E-state index contributed by atoms with van der Waals surface area (Å²) in [4.78, 5) is 18.6. The van der Waals surface area contributed by atoms with Gasteiger partial charge in [-0.05, 0) is 43.9 Å². The number of aryl methyl sites for hydroxylation is 1. The zero-order valence-corrected chi connectivity index (χ0v) is 15.1. The molecular formula is C21H27N3O. The number of piperidine rings is 1. The number of rotatable bonds is 5. The van der Waals surface area contributed by atoms with Crippen molar-refractivity contribution in [3.63, 3.8) is 0 Å². The van der Waals surface area contributed by atoms with Crippen LogP contribution >= 0.6 is 0 Å². The highest BCUT2D eigenvalue weighted by atomic mass is 16.2. The third kappa shape index (κ3) is 4.67. The van der Waals surface area contributed by atoms with Gasteiger partial charge in [-0.2, -0.15) is 0 Å². The predicted molar refractivity (Wildman–Crippen MR) is 100 cm³/mol. The Hall–Kier alpha value is -2.20. The molecule has 1 amide bonds. The zero-order chi connectivity index (χ0) is 17.6. The molecule has 1 aliphatic rings. The van der Waals surface area contributed by atoms with Gasteiger partial charge < -0.3 is 10.2 Å². The topological polar surface area (TPSA) is 45.2 Å². The molecule has 1 saturated heterocycles. The van der Waals surface area contributed by atoms with E-state index in [1.807, 2.05) is 29.3 Å². The minimum atomic E-state index is 0.168. The molecule has 132 valence electrons. The number of pyridine rings is 1. The Balaban J connectivity index is 1.73. The van der Waals surface area contributed by atoms with Gasteiger partial charge in [0.1, 0.15) is 0 Å². The summed E-state index contributed by atoms with van der Waals surface area (Å²) in [6.07, 6.45) is 4.85. The van der Waals surface area contributed by atoms with Crippen molar-refractivity contribution in [1.82, 2.24) is 15.2 Å². The van der Waals surface area contributed by atoms with Gasteiger partial charge in [-0.15, -0.1) is 0 Å². The maximum atomic E-state index is 12.2. The third-order valence-corrected chi connectivity index (χ3v) is 5.02. The van der Waals surface area contributed by atoms with Gasteiger partial charge in [0, 0.05) is 32.3 Å². The van der Waals surface area contributed by atoms with Crippen molar-refractivity contribution in [2.45, 2.75) is 51.7 Å². The van der Waals surface area contributed by atoms with Crippen molar-refractivity contribution < 1.29 is 4.79 Å². The third-order valence-electron chi connectivity index (χ3n) is 5.02. The highest BCUT2D eigenvalue weighted by molar-refractivity contribution is 5.73. The molecule has 1 fully saturated rings. The van der Waals surface area contributed by atoms with Crippen LogP contribution in [0.1, 0.15) is 36.6 Å². The lowest BCUT2D eigenvalue weighted by molar-refractivity contribution is -0.133. The van der Waals surface area contributed by atoms with Gasteiger partial charge in [0.05, 0.1) is 11.7 Å². The second kappa shape index (κ2) is 8.26. The summed E-state index contributed by atoms with van der Waals surface area (Å²) in [5.74, 6) is 0.168. The number of nitrogens with one attached hydrogen (secondary N) is 1. The van der Waals surface area contributed by atoms with Crippen LogP contribution in [0.4, 0.5) is 0 Å². The maximum Gasteiger partial charge on any atom is 0.219 e. The van der Waals surface area contributed by atoms with Crippen LogP contribution in [-0.2, 0) is 17.8 Å². The fraction of sp³-hybridized carbons (Fsp3) is 0.429. The summed E-state index contributed by atoms with van der Waals surface area (Å²) in [7, 11) is 0. The van der Waals surface area contributed by atoms with Gasteiger partial charge in [0.2, 0.25) is 5.91 Å². The van der Waals surface area contributed by atoms with E-state index >= 15 is 0 Å². The summed E-state index contributed by atoms with van der Waals surface area (Å²) in [5.41, 5.74) is 3.59. The molecule has 0 unspecified atom stereocenters. The van der Waals surface area contributed by atoms with Crippen molar-refractivity contribution in [2.75, 3.05) is 6.54 Å². The van der Waals surface area contributed by atoms with E-state index in [2.05, 4.69) is 41.5 Å². The molecule has 4 heteroatoms. The molecule has 3 rings (SSSR count). The van der Waals surface area contributed by atoms with Crippen molar-refractivity contribution in [3.05, 3.63) is 65.5 Å². The van der Waals surface area contributed by atoms with E-state index in [1.165, 1.54) is 11.1 Å². The van der Waals surface area contributed by atoms with Gasteiger partial charge in [0.15, 0.2) is 0 Å². The van der Waals surface area contributed by atoms with Gasteiger partial charge in [0.25, 0.3) is 0 Å². The van der Waals surface area contributed by atoms with Gasteiger partial charge >= 0.3 is 0 Å². The smallest absolute Gasteiger partial charge is 0.219 e. The molecule has 0 aliphatic carbocycles. The number of aromatic nitrogens is 1. The highest BCUT2D eigenvalue weighted by Crippen LogP contribution is 2.22. The van der Waals surface area contributed by atoms with Crippen LogP contribution in [0, 0.1) is 6.92 Å². The molecule has 1 aromatic heterocycles. The minimum Gasteiger partial charge on any atom is -0.338 e. The fourth-order valence-electron chi connectivity index (χ4n) is 3.64. The van der Waals surface area contributed by atoms with Crippen molar-refractivity contribution in [3.8, 4) is 0 Å². The SMILES string of the molecule is CC(=O)N1CCC[C@H](NCc2ccccn2)[C@@H]1Cc1ccc(C)cc1. The first kappa shape index (κ1) is 17.6. The molecule has 4 nitrogen and oxygen atoms in total. The van der Waals surface area contributed by atoms with Crippen molar-refractivity contribution >= 4 is 5.91 Å². The van der Waals surface area contributed by atoms with Crippen LogP contribution in [0.25, 0.3) is 0 Å². The maximum absolute atomic E-state index is 12.2. The number of nitrogens with zero attached hydrogens (tertiary/aromatic N) is 2. The van der Waals surface area contributed by atoms with Crippen LogP contribution < -0.4 is 5.32 Å². The number of benzene rings is 1. The van der Waals surface area contributed by atoms with E-state index in [9.17, 15) is 4.79 Å². The monoisotopic (exact) mass is 337 g/mol. The average molecular weight is 337 g/mol. The Morgan fingerprint density at radius 2 is 2.04 bits per heavy atom. The number of hydrogen-bond acceptors (Lipinski definition) is 3. The van der Waals surface area contributed by atoms with Gasteiger partial charge in [-0.1, -0.05) is 35.9 Å². The van der Waals surface area contributed by atoms with Crippen molar-refractivity contribution in [2.24, 2.45) is 0 Å². The quantitative estimate of drug-likeness (QED) is 0.912. The molecule has 1 aromatic carbocycles. The molecule has 25 heavy (non-hydrogen) atoms. The molecule has 2 heterocycles. The number of carbonyl (C=O) groups excluding carboxylic acids is 1. The van der Waals surface area contributed by atoms with Crippen molar-refractivity contribution in [1.29, 1.82) is 0 Å². The summed E-state index contributed by atoms with van der Waals surface area (Å²) in [6, 6.07) is 15.1. The number of amides is 1. The molecule has 0 spiro atoms. The minimum absolute atomic E-state index is 0.168. The molecular weight excluding hydrogens is 310 g/mol. The molecule has 1 aliphatic heterocycles. The molecule has 1 N–H and O–H groups in total. The Labute approximate surface area is 150 Å². The summed E-state index contributed by atoms with van der Waals surface area (Å²) < 4.78 is 0. The van der Waals surface area contributed by atoms with Crippen LogP contribution in [0.15, 0.2) is 48.7 Å². The molecule has 0 bridgehead atoms. The summed E-state index contributed by atoms with van der Waals surface area (Å²) >= 11 is 0. The van der Waals surface area contributed by atoms with Crippen LogP contribution in [-0.4, -0.2) is 34.4 Å². The average Bonchev–Trinajstić information content (AvgIpc) is 2.63. The Kier molecular flexibility index (Phi) is 5.82. The highest BCUT2D eigenvalue weighted by Gasteiger charge is 2.32. The van der Waals surface area contributed by atoms with E-state index in [0.717, 1.165) is 38.0 Å². The first-order valence-electron chi connectivity index (χ1n) is 9.09. The largest absolute Gasteiger partial charge is 0.338 e. The number of carbonyl (C=O) groups is 1. The van der Waals surface area contributed by atoms with E-state index in [-0.39, 0.29) is 11.9 Å². The summed E-state index contributed by atoms with van der Waals surface area (Å²) in [5, 5.41) is 3.65. The van der Waals surface area contributed by atoms with Gasteiger partial charge in [-0.3, -0.25) is 9.78 Å². The van der Waals surface area contributed by atoms with E-state index < -0.39 is 0 Å². The lowest BCUT2D eigenvalue weighted by Gasteiger charge is -2.41. The molecule has 2 aromatic rings. The second-order valence-electron chi connectivity index (χ2n) is 6.92. The molecule has 0 saturated carbocycles. The van der Waals surface area contributed by atoms with Crippen LogP contribution in [0.5, 0.6) is 0 Å². The summed E-state index contributed by atoms with van der Waals surface area (Å²) in [6.45, 7) is 5.38. The van der Waals surface area contributed by atoms with Crippen LogP contribution in [0.3, 0.4) is 0 Å². The first-order valence-corrected chi connectivity index (χ1v) is 9.09. The Morgan fingerprint density at radius 1 is 1.24 bits per heavy atom. The van der Waals surface area contributed by atoms with Gasteiger partial charge in [-0.25, -0.2) is 0 Å². The van der Waals surface area contributed by atoms with E-state index in [0.29, 0.717) is 6.04 Å². The lowest BCUT2D eigenvalue weighted by Crippen LogP contribution is -2.56. The van der Waals surface area contributed by atoms with E-state index in [1.54, 1.807) is 6.92 Å². The Bertz CT molecular complexity index is 684. The zero-order valence-electron chi connectivity index (χ0n) is 15.1. The molecule has 0 radical (unpaired) electrons. The Morgan fingerprint density at radius 3 is 2.72 bits per heavy atom. The predicted octanol–water partition coefficient (Wildman–Crippen LogP) is 3.10. The first-order chi connectivity index (χ1) is 12.1. The fourth-order valence-corrected chi connectivity index (χ4v) is 3.64. The second-order valence-corrected chi connectivity index (χ2v) is 6.92. The number of likely N-dealkylation sites (tertiary alicyclic amines) is 1. The molecule has 2 atom stereocenters. The van der Waals surface area contributed by atoms with Crippen LogP contribution in [0.2, 0.25) is 0 Å². The van der Waals surface area contributed by atoms with E-state index in [4.69, 9.17) is 0 Å². The number of hydrogen-bond donors (Lipinski definition) is 1. The lowest BCUT2D eigenvalue weighted by atomic mass is 9.90. The normalized spacial score (nSPS) is 20.5. The standard InChI is InChI=1S/C21H27N3O/c1-16-8-10-18(11-9-16)14-21-20(7-5-13-24(21)17(2)25)23-15-19-6-3-4-12-22-19/h3-4,6,8-12,20-21,23H,5,7,13-15H2,1-2H3/t20-,21-/m0/s1.